The van der Waals surface area contributed by atoms with Gasteiger partial charge >= 0.3 is 0 Å². The minimum Gasteiger partial charge on any atom is -0.384 e. The van der Waals surface area contributed by atoms with E-state index in [4.69, 9.17) is 5.11 Å². The molecule has 0 aliphatic rings. The molecule has 1 aromatic carbocycles. The van der Waals surface area contributed by atoms with Crippen LogP contribution in [-0.2, 0) is 10.0 Å². The van der Waals surface area contributed by atoms with E-state index in [1.54, 1.807) is 19.1 Å². The van der Waals surface area contributed by atoms with Crippen molar-refractivity contribution in [1.82, 2.24) is 4.72 Å². The summed E-state index contributed by atoms with van der Waals surface area (Å²) in [5, 5.41) is 8.66. The summed E-state index contributed by atoms with van der Waals surface area (Å²) in [6.45, 7) is 6.12. The smallest absolute Gasteiger partial charge is 0.240 e. The van der Waals surface area contributed by atoms with Crippen LogP contribution in [0.4, 0.5) is 0 Å². The predicted octanol–water partition coefficient (Wildman–Crippen LogP) is 1.66. The minimum absolute atomic E-state index is 0.212. The van der Waals surface area contributed by atoms with Crippen LogP contribution in [0.1, 0.15) is 31.4 Å². The van der Waals surface area contributed by atoms with E-state index in [-0.39, 0.29) is 11.5 Å². The largest absolute Gasteiger partial charge is 0.384 e. The van der Waals surface area contributed by atoms with E-state index >= 15 is 0 Å². The Morgan fingerprint density at radius 2 is 2.05 bits per heavy atom. The molecule has 0 atom stereocenters. The second kappa shape index (κ2) is 7.44. The molecule has 0 fully saturated rings. The van der Waals surface area contributed by atoms with Gasteiger partial charge in [0.1, 0.15) is 6.61 Å². The predicted molar refractivity (Wildman–Crippen MR) is 79.8 cm³/mol. The summed E-state index contributed by atoms with van der Waals surface area (Å²) < 4.78 is 26.8. The molecule has 20 heavy (non-hydrogen) atoms. The molecule has 110 valence electrons. The van der Waals surface area contributed by atoms with Crippen LogP contribution < -0.4 is 4.72 Å². The zero-order valence-corrected chi connectivity index (χ0v) is 12.9. The van der Waals surface area contributed by atoms with E-state index in [2.05, 4.69) is 16.6 Å². The summed E-state index contributed by atoms with van der Waals surface area (Å²) in [6.07, 6.45) is 0.804. The van der Waals surface area contributed by atoms with Crippen molar-refractivity contribution in [1.29, 1.82) is 0 Å². The zero-order chi connectivity index (χ0) is 15.2. The van der Waals surface area contributed by atoms with Crippen molar-refractivity contribution in [3.05, 3.63) is 29.3 Å². The molecule has 2 N–H and O–H groups in total. The Kier molecular flexibility index (Phi) is 6.21. The Bertz CT molecular complexity index is 610. The molecule has 1 rings (SSSR count). The molecule has 0 bridgehead atoms. The van der Waals surface area contributed by atoms with Crippen LogP contribution in [0.15, 0.2) is 23.1 Å². The number of aliphatic hydroxyl groups excluding tert-OH is 1. The first-order valence-corrected chi connectivity index (χ1v) is 8.05. The summed E-state index contributed by atoms with van der Waals surface area (Å²) in [4.78, 5) is 0.244. The average molecular weight is 295 g/mol. The number of aliphatic hydroxyl groups is 1. The summed E-state index contributed by atoms with van der Waals surface area (Å²) in [5.74, 6) is 5.79. The Morgan fingerprint density at radius 3 is 2.60 bits per heavy atom. The number of aryl methyl sites for hydroxylation is 1. The molecule has 0 spiro atoms. The molecule has 0 aliphatic carbocycles. The second-order valence-corrected chi connectivity index (χ2v) is 6.78. The molecular weight excluding hydrogens is 274 g/mol. The molecule has 4 nitrogen and oxygen atoms in total. The van der Waals surface area contributed by atoms with Gasteiger partial charge in [0.2, 0.25) is 10.0 Å². The van der Waals surface area contributed by atoms with Gasteiger partial charge in [0.15, 0.2) is 0 Å². The highest BCUT2D eigenvalue weighted by molar-refractivity contribution is 7.89. The van der Waals surface area contributed by atoms with Crippen LogP contribution in [0.2, 0.25) is 0 Å². The molecular formula is C15H21NO3S. The Morgan fingerprint density at radius 1 is 1.35 bits per heavy atom. The third-order valence-electron chi connectivity index (χ3n) is 2.82. The van der Waals surface area contributed by atoms with Crippen molar-refractivity contribution in [3.63, 3.8) is 0 Å². The summed E-state index contributed by atoms with van der Waals surface area (Å²) >= 11 is 0. The first kappa shape index (κ1) is 16.7. The normalized spacial score (nSPS) is 11.2. The highest BCUT2D eigenvalue weighted by Gasteiger charge is 2.14. The SMILES string of the molecule is Cc1cc(S(=O)(=O)NCCC(C)C)ccc1C#CCO. The molecule has 1 aromatic rings. The van der Waals surface area contributed by atoms with Gasteiger partial charge in [-0.15, -0.1) is 0 Å². The molecule has 0 heterocycles. The van der Waals surface area contributed by atoms with Crippen LogP contribution in [0.3, 0.4) is 0 Å². The van der Waals surface area contributed by atoms with Gasteiger partial charge in [-0.2, -0.15) is 0 Å². The maximum atomic E-state index is 12.1. The van der Waals surface area contributed by atoms with E-state index in [0.29, 0.717) is 12.5 Å². The summed E-state index contributed by atoms with van der Waals surface area (Å²) in [5.41, 5.74) is 1.50. The summed E-state index contributed by atoms with van der Waals surface area (Å²) in [7, 11) is -3.46. The topological polar surface area (TPSA) is 66.4 Å². The minimum atomic E-state index is -3.46. The Labute approximate surface area is 121 Å². The molecule has 0 amide bonds. The highest BCUT2D eigenvalue weighted by Crippen LogP contribution is 2.15. The monoisotopic (exact) mass is 295 g/mol. The van der Waals surface area contributed by atoms with E-state index in [1.165, 1.54) is 6.07 Å². The van der Waals surface area contributed by atoms with Crippen molar-refractivity contribution in [2.24, 2.45) is 5.92 Å². The lowest BCUT2D eigenvalue weighted by molar-refractivity contribution is 0.350. The maximum absolute atomic E-state index is 12.1. The number of sulfonamides is 1. The number of hydrogen-bond acceptors (Lipinski definition) is 3. The fourth-order valence-corrected chi connectivity index (χ4v) is 2.78. The van der Waals surface area contributed by atoms with Gasteiger partial charge in [0.25, 0.3) is 0 Å². The van der Waals surface area contributed by atoms with E-state index < -0.39 is 10.0 Å². The molecule has 0 saturated heterocycles. The van der Waals surface area contributed by atoms with Crippen molar-refractivity contribution in [2.45, 2.75) is 32.1 Å². The van der Waals surface area contributed by atoms with Crippen molar-refractivity contribution in [2.75, 3.05) is 13.2 Å². The highest BCUT2D eigenvalue weighted by atomic mass is 32.2. The van der Waals surface area contributed by atoms with E-state index in [0.717, 1.165) is 17.5 Å². The number of benzene rings is 1. The lowest BCUT2D eigenvalue weighted by Crippen LogP contribution is -2.25. The van der Waals surface area contributed by atoms with Crippen LogP contribution in [0, 0.1) is 24.7 Å². The lowest BCUT2D eigenvalue weighted by Gasteiger charge is -2.09. The standard InChI is InChI=1S/C15H21NO3S/c1-12(2)8-9-16-20(18,19)15-7-6-14(5-4-10-17)13(3)11-15/h6-7,11-12,16-17H,8-10H2,1-3H3. The first-order valence-electron chi connectivity index (χ1n) is 6.57. The molecule has 5 heteroatoms. The van der Waals surface area contributed by atoms with Crippen molar-refractivity contribution >= 4 is 10.0 Å². The number of hydrogen-bond donors (Lipinski definition) is 2. The molecule has 0 unspecified atom stereocenters. The van der Waals surface area contributed by atoms with E-state index in [9.17, 15) is 8.42 Å². The van der Waals surface area contributed by atoms with E-state index in [1.807, 2.05) is 13.8 Å². The van der Waals surface area contributed by atoms with Gasteiger partial charge in [0.05, 0.1) is 4.90 Å². The molecule has 0 radical (unpaired) electrons. The van der Waals surface area contributed by atoms with Gasteiger partial charge in [-0.3, -0.25) is 0 Å². The average Bonchev–Trinajstić information content (AvgIpc) is 2.36. The fraction of sp³-hybridized carbons (Fsp3) is 0.467. The first-order chi connectivity index (χ1) is 9.36. The van der Waals surface area contributed by atoms with Gasteiger partial charge < -0.3 is 5.11 Å². The van der Waals surface area contributed by atoms with Crippen LogP contribution in [0.5, 0.6) is 0 Å². The summed E-state index contributed by atoms with van der Waals surface area (Å²) in [6, 6.07) is 4.79. The Balaban J connectivity index is 2.88. The third kappa shape index (κ3) is 4.97. The molecule has 0 saturated carbocycles. The molecule has 0 aromatic heterocycles. The number of nitrogens with one attached hydrogen (secondary N) is 1. The van der Waals surface area contributed by atoms with Gasteiger partial charge in [-0.05, 0) is 43.0 Å². The van der Waals surface area contributed by atoms with Crippen LogP contribution in [0.25, 0.3) is 0 Å². The third-order valence-corrected chi connectivity index (χ3v) is 4.28. The van der Waals surface area contributed by atoms with Gasteiger partial charge in [0, 0.05) is 12.1 Å². The quantitative estimate of drug-likeness (QED) is 0.812. The Hall–Kier alpha value is -1.35. The van der Waals surface area contributed by atoms with Crippen molar-refractivity contribution < 1.29 is 13.5 Å². The maximum Gasteiger partial charge on any atom is 0.240 e. The fourth-order valence-electron chi connectivity index (χ4n) is 1.64. The van der Waals surface area contributed by atoms with Gasteiger partial charge in [-0.25, -0.2) is 13.1 Å². The second-order valence-electron chi connectivity index (χ2n) is 5.02. The van der Waals surface area contributed by atoms with Crippen LogP contribution in [-0.4, -0.2) is 26.7 Å². The van der Waals surface area contributed by atoms with Gasteiger partial charge in [-0.1, -0.05) is 25.7 Å². The number of rotatable bonds is 5. The lowest BCUT2D eigenvalue weighted by atomic mass is 10.1. The van der Waals surface area contributed by atoms with Crippen LogP contribution >= 0.6 is 0 Å². The molecule has 0 aliphatic heterocycles. The van der Waals surface area contributed by atoms with Crippen molar-refractivity contribution in [3.8, 4) is 11.8 Å². The zero-order valence-electron chi connectivity index (χ0n) is 12.1.